The highest BCUT2D eigenvalue weighted by Gasteiger charge is 2.18. The monoisotopic (exact) mass is 266 g/mol. The van der Waals surface area contributed by atoms with E-state index in [1.165, 1.54) is 0 Å². The molecular weight excluding hydrogens is 240 g/mol. The molecule has 0 radical (unpaired) electrons. The van der Waals surface area contributed by atoms with Crippen LogP contribution in [0.1, 0.15) is 44.9 Å². The molecule has 108 valence electrons. The van der Waals surface area contributed by atoms with E-state index in [2.05, 4.69) is 31.2 Å². The number of carbonyl (C=O) groups is 1. The van der Waals surface area contributed by atoms with E-state index in [-0.39, 0.29) is 17.4 Å². The van der Waals surface area contributed by atoms with Crippen molar-refractivity contribution in [1.82, 2.24) is 15.1 Å². The van der Waals surface area contributed by atoms with Gasteiger partial charge < -0.3 is 11.1 Å². The van der Waals surface area contributed by atoms with Crippen molar-refractivity contribution in [2.75, 3.05) is 0 Å². The first-order valence-electron chi connectivity index (χ1n) is 6.69. The first-order valence-corrected chi connectivity index (χ1v) is 6.69. The molecule has 0 saturated heterocycles. The van der Waals surface area contributed by atoms with Gasteiger partial charge in [0.1, 0.15) is 0 Å². The standard InChI is InChI=1S/C14H26N4O/c1-10-11(9-18(5)17-10)8-16-13(19)6-12(15)7-14(2,3)4/h9,12H,6-8,15H2,1-5H3,(H,16,19). The molecule has 1 aromatic heterocycles. The van der Waals surface area contributed by atoms with Crippen molar-refractivity contribution in [2.24, 2.45) is 18.2 Å². The lowest BCUT2D eigenvalue weighted by molar-refractivity contribution is -0.121. The van der Waals surface area contributed by atoms with E-state index in [0.29, 0.717) is 13.0 Å². The summed E-state index contributed by atoms with van der Waals surface area (Å²) in [7, 11) is 1.87. The molecule has 1 amide bonds. The Hall–Kier alpha value is -1.36. The minimum Gasteiger partial charge on any atom is -0.352 e. The van der Waals surface area contributed by atoms with E-state index < -0.39 is 0 Å². The Kier molecular flexibility index (Phi) is 5.11. The molecule has 19 heavy (non-hydrogen) atoms. The normalized spacial score (nSPS) is 13.4. The third-order valence-electron chi connectivity index (χ3n) is 2.91. The Morgan fingerprint density at radius 1 is 1.53 bits per heavy atom. The first kappa shape index (κ1) is 15.7. The topological polar surface area (TPSA) is 72.9 Å². The van der Waals surface area contributed by atoms with Gasteiger partial charge in [-0.1, -0.05) is 20.8 Å². The molecule has 1 aromatic rings. The summed E-state index contributed by atoms with van der Waals surface area (Å²) < 4.78 is 1.75. The fraction of sp³-hybridized carbons (Fsp3) is 0.714. The van der Waals surface area contributed by atoms with Crippen LogP contribution in [-0.4, -0.2) is 21.7 Å². The number of carbonyl (C=O) groups excluding carboxylic acids is 1. The third-order valence-corrected chi connectivity index (χ3v) is 2.91. The van der Waals surface area contributed by atoms with E-state index in [0.717, 1.165) is 17.7 Å². The Balaban J connectivity index is 2.38. The second-order valence-corrected chi connectivity index (χ2v) is 6.42. The Bertz CT molecular complexity index is 431. The number of nitrogens with one attached hydrogen (secondary N) is 1. The van der Waals surface area contributed by atoms with Crippen LogP contribution in [0.2, 0.25) is 0 Å². The van der Waals surface area contributed by atoms with Crippen molar-refractivity contribution < 1.29 is 4.79 Å². The van der Waals surface area contributed by atoms with Gasteiger partial charge in [0.2, 0.25) is 5.91 Å². The molecule has 0 spiro atoms. The number of hydrogen-bond donors (Lipinski definition) is 2. The predicted molar refractivity (Wildman–Crippen MR) is 76.5 cm³/mol. The van der Waals surface area contributed by atoms with Gasteiger partial charge in [-0.2, -0.15) is 5.10 Å². The van der Waals surface area contributed by atoms with Crippen LogP contribution in [0.4, 0.5) is 0 Å². The molecule has 0 aliphatic rings. The number of amides is 1. The molecule has 1 heterocycles. The molecule has 0 aromatic carbocycles. The second-order valence-electron chi connectivity index (χ2n) is 6.42. The average Bonchev–Trinajstić information content (AvgIpc) is 2.51. The molecule has 5 heteroatoms. The zero-order chi connectivity index (χ0) is 14.6. The second kappa shape index (κ2) is 6.19. The number of aromatic nitrogens is 2. The van der Waals surface area contributed by atoms with Crippen LogP contribution in [0.25, 0.3) is 0 Å². The molecule has 1 rings (SSSR count). The molecule has 3 N–H and O–H groups in total. The lowest BCUT2D eigenvalue weighted by Crippen LogP contribution is -2.34. The maximum atomic E-state index is 11.8. The van der Waals surface area contributed by atoms with Crippen molar-refractivity contribution in [3.8, 4) is 0 Å². The van der Waals surface area contributed by atoms with Gasteiger partial charge in [0.25, 0.3) is 0 Å². The third kappa shape index (κ3) is 5.87. The Morgan fingerprint density at radius 2 is 2.16 bits per heavy atom. The highest BCUT2D eigenvalue weighted by molar-refractivity contribution is 5.76. The molecule has 0 bridgehead atoms. The van der Waals surface area contributed by atoms with Crippen molar-refractivity contribution in [1.29, 1.82) is 0 Å². The van der Waals surface area contributed by atoms with Gasteiger partial charge in [-0.05, 0) is 18.8 Å². The van der Waals surface area contributed by atoms with E-state index in [4.69, 9.17) is 5.73 Å². The van der Waals surface area contributed by atoms with Crippen LogP contribution in [-0.2, 0) is 18.4 Å². The molecule has 5 nitrogen and oxygen atoms in total. The fourth-order valence-electron chi connectivity index (χ4n) is 2.19. The summed E-state index contributed by atoms with van der Waals surface area (Å²) in [4.78, 5) is 11.8. The zero-order valence-electron chi connectivity index (χ0n) is 12.7. The van der Waals surface area contributed by atoms with E-state index in [9.17, 15) is 4.79 Å². The molecule has 0 aliphatic heterocycles. The summed E-state index contributed by atoms with van der Waals surface area (Å²) in [5, 5.41) is 7.14. The van der Waals surface area contributed by atoms with E-state index >= 15 is 0 Å². The fourth-order valence-corrected chi connectivity index (χ4v) is 2.19. The van der Waals surface area contributed by atoms with Gasteiger partial charge in [0.05, 0.1) is 5.69 Å². The number of nitrogens with zero attached hydrogens (tertiary/aromatic N) is 2. The molecule has 0 fully saturated rings. The van der Waals surface area contributed by atoms with Crippen LogP contribution in [0.3, 0.4) is 0 Å². The summed E-state index contributed by atoms with van der Waals surface area (Å²) in [6.07, 6.45) is 3.13. The lowest BCUT2D eigenvalue weighted by Gasteiger charge is -2.22. The summed E-state index contributed by atoms with van der Waals surface area (Å²) in [6, 6.07) is -0.0880. The summed E-state index contributed by atoms with van der Waals surface area (Å²) in [6.45, 7) is 8.84. The van der Waals surface area contributed by atoms with Crippen molar-refractivity contribution in [3.05, 3.63) is 17.5 Å². The largest absolute Gasteiger partial charge is 0.352 e. The Morgan fingerprint density at radius 3 is 2.63 bits per heavy atom. The van der Waals surface area contributed by atoms with E-state index in [1.807, 2.05) is 20.2 Å². The van der Waals surface area contributed by atoms with Gasteiger partial charge >= 0.3 is 0 Å². The zero-order valence-corrected chi connectivity index (χ0v) is 12.7. The van der Waals surface area contributed by atoms with Crippen LogP contribution in [0.15, 0.2) is 6.20 Å². The molecule has 1 atom stereocenters. The van der Waals surface area contributed by atoms with Gasteiger partial charge in [-0.15, -0.1) is 0 Å². The molecule has 0 saturated carbocycles. The smallest absolute Gasteiger partial charge is 0.221 e. The van der Waals surface area contributed by atoms with Crippen molar-refractivity contribution in [3.63, 3.8) is 0 Å². The maximum absolute atomic E-state index is 11.8. The van der Waals surface area contributed by atoms with Crippen LogP contribution in [0.5, 0.6) is 0 Å². The number of nitrogens with two attached hydrogens (primary N) is 1. The summed E-state index contributed by atoms with van der Waals surface area (Å²) in [5.41, 5.74) is 8.13. The van der Waals surface area contributed by atoms with Gasteiger partial charge in [-0.25, -0.2) is 0 Å². The SMILES string of the molecule is Cc1nn(C)cc1CNC(=O)CC(N)CC(C)(C)C. The van der Waals surface area contributed by atoms with Crippen LogP contribution < -0.4 is 11.1 Å². The van der Waals surface area contributed by atoms with E-state index in [1.54, 1.807) is 4.68 Å². The van der Waals surface area contributed by atoms with Crippen LogP contribution >= 0.6 is 0 Å². The van der Waals surface area contributed by atoms with Gasteiger partial charge in [0, 0.05) is 37.8 Å². The minimum absolute atomic E-state index is 0.00000283. The number of rotatable bonds is 5. The predicted octanol–water partition coefficient (Wildman–Crippen LogP) is 1.50. The average molecular weight is 266 g/mol. The summed E-state index contributed by atoms with van der Waals surface area (Å²) >= 11 is 0. The first-order chi connectivity index (χ1) is 8.67. The molecular formula is C14H26N4O. The molecule has 0 aliphatic carbocycles. The summed E-state index contributed by atoms with van der Waals surface area (Å²) in [5.74, 6) is 0.00000283. The van der Waals surface area contributed by atoms with Crippen molar-refractivity contribution >= 4 is 5.91 Å². The van der Waals surface area contributed by atoms with Gasteiger partial charge in [-0.3, -0.25) is 9.48 Å². The number of aryl methyl sites for hydroxylation is 2. The van der Waals surface area contributed by atoms with Crippen LogP contribution in [0, 0.1) is 12.3 Å². The quantitative estimate of drug-likeness (QED) is 0.848. The van der Waals surface area contributed by atoms with Gasteiger partial charge in [0.15, 0.2) is 0 Å². The molecule has 1 unspecified atom stereocenters. The highest BCUT2D eigenvalue weighted by atomic mass is 16.1. The Labute approximate surface area is 115 Å². The highest BCUT2D eigenvalue weighted by Crippen LogP contribution is 2.20. The lowest BCUT2D eigenvalue weighted by atomic mass is 9.87. The number of hydrogen-bond acceptors (Lipinski definition) is 3. The maximum Gasteiger partial charge on any atom is 0.221 e. The van der Waals surface area contributed by atoms with Crippen molar-refractivity contribution in [2.45, 2.75) is 53.1 Å². The minimum atomic E-state index is -0.0880.